The summed E-state index contributed by atoms with van der Waals surface area (Å²) in [5.41, 5.74) is 3.16. The summed E-state index contributed by atoms with van der Waals surface area (Å²) in [5, 5.41) is 13.8. The van der Waals surface area contributed by atoms with Crippen LogP contribution in [-0.4, -0.2) is 27.8 Å². The fourth-order valence-electron chi connectivity index (χ4n) is 3.40. The van der Waals surface area contributed by atoms with E-state index in [2.05, 4.69) is 21.4 Å². The Morgan fingerprint density at radius 2 is 1.93 bits per heavy atom. The highest BCUT2D eigenvalue weighted by Gasteiger charge is 2.43. The lowest BCUT2D eigenvalue weighted by Gasteiger charge is -2.11. The van der Waals surface area contributed by atoms with Gasteiger partial charge in [-0.25, -0.2) is 9.37 Å². The van der Waals surface area contributed by atoms with Crippen molar-refractivity contribution in [1.29, 1.82) is 5.26 Å². The molecule has 1 saturated carbocycles. The van der Waals surface area contributed by atoms with Crippen molar-refractivity contribution in [2.45, 2.75) is 32.9 Å². The minimum atomic E-state index is -1.07. The van der Waals surface area contributed by atoms with Crippen LogP contribution in [0.5, 0.6) is 0 Å². The van der Waals surface area contributed by atoms with Gasteiger partial charge in [-0.3, -0.25) is 14.6 Å². The van der Waals surface area contributed by atoms with E-state index in [1.807, 2.05) is 13.0 Å². The molecule has 0 bridgehead atoms. The third kappa shape index (κ3) is 3.64. The number of nitrogens with zero attached hydrogens (tertiary/aromatic N) is 3. The van der Waals surface area contributed by atoms with Crippen molar-refractivity contribution < 1.29 is 14.0 Å². The first-order chi connectivity index (χ1) is 14.4. The molecule has 3 aromatic rings. The van der Waals surface area contributed by atoms with Gasteiger partial charge in [0.1, 0.15) is 17.7 Å². The summed E-state index contributed by atoms with van der Waals surface area (Å²) in [6, 6.07) is 9.18. The summed E-state index contributed by atoms with van der Waals surface area (Å²) in [5.74, 6) is -0.691. The van der Waals surface area contributed by atoms with Gasteiger partial charge in [0.05, 0.1) is 17.6 Å². The quantitative estimate of drug-likeness (QED) is 0.640. The number of alkyl halides is 1. The number of aromatic nitrogens is 2. The van der Waals surface area contributed by atoms with Crippen molar-refractivity contribution in [2.75, 3.05) is 5.32 Å². The van der Waals surface area contributed by atoms with Crippen LogP contribution in [0.4, 0.5) is 10.2 Å². The maximum absolute atomic E-state index is 13.1. The summed E-state index contributed by atoms with van der Waals surface area (Å²) >= 11 is 0. The Morgan fingerprint density at radius 1 is 1.17 bits per heavy atom. The molecule has 0 radical (unpaired) electrons. The highest BCUT2D eigenvalue weighted by molar-refractivity contribution is 5.98. The van der Waals surface area contributed by atoms with E-state index >= 15 is 0 Å². The minimum Gasteiger partial charge on any atom is -0.310 e. The lowest BCUT2D eigenvalue weighted by atomic mass is 9.94. The normalized spacial score (nSPS) is 17.4. The first-order valence-electron chi connectivity index (χ1n) is 9.70. The highest BCUT2D eigenvalue weighted by atomic mass is 19.1. The van der Waals surface area contributed by atoms with Crippen LogP contribution in [0.3, 0.4) is 0 Å². The molecule has 6 nitrogen and oxygen atoms in total. The van der Waals surface area contributed by atoms with Crippen molar-refractivity contribution in [3.63, 3.8) is 0 Å². The lowest BCUT2D eigenvalue weighted by Crippen LogP contribution is -2.15. The zero-order valence-electron chi connectivity index (χ0n) is 16.6. The third-order valence-electron chi connectivity index (χ3n) is 5.29. The van der Waals surface area contributed by atoms with Crippen molar-refractivity contribution in [1.82, 2.24) is 9.97 Å². The van der Waals surface area contributed by atoms with Gasteiger partial charge in [-0.2, -0.15) is 5.26 Å². The number of Topliss-reactive ketones (excluding diaryl/α,β-unsaturated/α-hetero) is 1. The van der Waals surface area contributed by atoms with E-state index < -0.39 is 12.1 Å². The topological polar surface area (TPSA) is 95.7 Å². The average Bonchev–Trinajstić information content (AvgIpc) is 3.49. The summed E-state index contributed by atoms with van der Waals surface area (Å²) in [6.45, 7) is 3.66. The molecule has 30 heavy (non-hydrogen) atoms. The average molecular weight is 402 g/mol. The molecule has 1 aromatic carbocycles. The molecule has 2 aromatic heterocycles. The van der Waals surface area contributed by atoms with Gasteiger partial charge in [-0.05, 0) is 48.6 Å². The van der Waals surface area contributed by atoms with Gasteiger partial charge in [0.15, 0.2) is 5.78 Å². The molecule has 0 spiro atoms. The number of hydrogen-bond donors (Lipinski definition) is 1. The standard InChI is InChI=1S/C23H19FN4O2/c1-3-21(29)20-4-12(2)18(11-26-20)16-6-15-10-27-22(7-13(15)5-14(16)9-25)28-23(30)17-8-19(17)24/h4-7,10-11,17,19H,3,8H2,1-2H3,(H,27,28,30)/t17-,19+/m0/s1. The Hall–Kier alpha value is -3.66. The van der Waals surface area contributed by atoms with Crippen molar-refractivity contribution in [2.24, 2.45) is 5.92 Å². The largest absolute Gasteiger partial charge is 0.310 e. The molecule has 0 aliphatic heterocycles. The molecule has 1 aliphatic rings. The fourth-order valence-corrected chi connectivity index (χ4v) is 3.40. The first kappa shape index (κ1) is 19.6. The number of pyridine rings is 2. The van der Waals surface area contributed by atoms with E-state index in [1.165, 1.54) is 0 Å². The first-order valence-corrected chi connectivity index (χ1v) is 9.70. The van der Waals surface area contributed by atoms with E-state index in [9.17, 15) is 19.2 Å². The molecular weight excluding hydrogens is 383 g/mol. The lowest BCUT2D eigenvalue weighted by molar-refractivity contribution is -0.117. The summed E-state index contributed by atoms with van der Waals surface area (Å²) in [6.07, 6.45) is 2.77. The Labute approximate surface area is 172 Å². The molecule has 1 aliphatic carbocycles. The van der Waals surface area contributed by atoms with Crippen molar-refractivity contribution in [3.8, 4) is 17.2 Å². The Balaban J connectivity index is 1.71. The second-order valence-corrected chi connectivity index (χ2v) is 7.43. The third-order valence-corrected chi connectivity index (χ3v) is 5.29. The molecular formula is C23H19FN4O2. The van der Waals surface area contributed by atoms with Gasteiger partial charge >= 0.3 is 0 Å². The zero-order chi connectivity index (χ0) is 21.4. The maximum Gasteiger partial charge on any atom is 0.231 e. The molecule has 1 amide bonds. The predicted molar refractivity (Wildman–Crippen MR) is 111 cm³/mol. The molecule has 4 rings (SSSR count). The number of hydrogen-bond acceptors (Lipinski definition) is 5. The van der Waals surface area contributed by atoms with Crippen LogP contribution in [0.25, 0.3) is 21.9 Å². The van der Waals surface area contributed by atoms with E-state index in [-0.39, 0.29) is 18.1 Å². The summed E-state index contributed by atoms with van der Waals surface area (Å²) < 4.78 is 13.1. The van der Waals surface area contributed by atoms with Crippen LogP contribution < -0.4 is 5.32 Å². The minimum absolute atomic E-state index is 0.0345. The van der Waals surface area contributed by atoms with Crippen LogP contribution >= 0.6 is 0 Å². The van der Waals surface area contributed by atoms with Crippen LogP contribution in [-0.2, 0) is 4.79 Å². The number of benzene rings is 1. The van der Waals surface area contributed by atoms with Gasteiger partial charge in [0.25, 0.3) is 0 Å². The van der Waals surface area contributed by atoms with Gasteiger partial charge in [-0.15, -0.1) is 0 Å². The van der Waals surface area contributed by atoms with Gasteiger partial charge < -0.3 is 5.32 Å². The number of aryl methyl sites for hydroxylation is 1. The molecule has 2 atom stereocenters. The van der Waals surface area contributed by atoms with Gasteiger partial charge in [-0.1, -0.05) is 6.92 Å². The number of carbonyl (C=O) groups excluding carboxylic acids is 2. The smallest absolute Gasteiger partial charge is 0.231 e. The SMILES string of the molecule is CCC(=O)c1cc(C)c(-c2cc3cnc(NC(=O)[C@H]4C[C@H]4F)cc3cc2C#N)cn1. The molecule has 0 unspecified atom stereocenters. The molecule has 7 heteroatoms. The number of halogens is 1. The maximum atomic E-state index is 13.1. The predicted octanol–water partition coefficient (Wildman–Crippen LogP) is 4.37. The van der Waals surface area contributed by atoms with Crippen LogP contribution in [0.15, 0.2) is 36.7 Å². The number of nitriles is 1. The number of nitrogens with one attached hydrogen (secondary N) is 1. The Kier molecular flexibility index (Phi) is 5.00. The van der Waals surface area contributed by atoms with E-state index in [0.717, 1.165) is 21.9 Å². The van der Waals surface area contributed by atoms with Crippen LogP contribution in [0.2, 0.25) is 0 Å². The Bertz CT molecular complexity index is 1230. The molecule has 1 fully saturated rings. The van der Waals surface area contributed by atoms with E-state index in [4.69, 9.17) is 0 Å². The number of anilines is 1. The molecule has 150 valence electrons. The molecule has 0 saturated heterocycles. The van der Waals surface area contributed by atoms with Gasteiger partial charge in [0.2, 0.25) is 5.91 Å². The van der Waals surface area contributed by atoms with Crippen LogP contribution in [0, 0.1) is 24.2 Å². The number of rotatable bonds is 5. The fraction of sp³-hybridized carbons (Fsp3) is 0.261. The summed E-state index contributed by atoms with van der Waals surface area (Å²) in [4.78, 5) is 32.4. The van der Waals surface area contributed by atoms with Crippen LogP contribution in [0.1, 0.15) is 41.4 Å². The summed E-state index contributed by atoms with van der Waals surface area (Å²) in [7, 11) is 0. The number of ketones is 1. The monoisotopic (exact) mass is 402 g/mol. The van der Waals surface area contributed by atoms with Crippen molar-refractivity contribution in [3.05, 3.63) is 53.5 Å². The Morgan fingerprint density at radius 3 is 2.57 bits per heavy atom. The van der Waals surface area contributed by atoms with Crippen molar-refractivity contribution >= 4 is 28.3 Å². The van der Waals surface area contributed by atoms with E-state index in [0.29, 0.717) is 29.1 Å². The number of amides is 1. The van der Waals surface area contributed by atoms with E-state index in [1.54, 1.807) is 37.5 Å². The number of fused-ring (bicyclic) bond motifs is 1. The molecule has 2 heterocycles. The number of carbonyl (C=O) groups is 2. The zero-order valence-corrected chi connectivity index (χ0v) is 16.6. The second kappa shape index (κ2) is 7.64. The highest BCUT2D eigenvalue weighted by Crippen LogP contribution is 2.35. The van der Waals surface area contributed by atoms with Gasteiger partial charge in [0, 0.05) is 35.3 Å². The molecule has 1 N–H and O–H groups in total. The second-order valence-electron chi connectivity index (χ2n) is 7.43.